The maximum Gasteiger partial charge on any atom is 0.469 e. The first-order valence-corrected chi connectivity index (χ1v) is 22.6. The molecule has 51 heavy (non-hydrogen) atoms. The summed E-state index contributed by atoms with van der Waals surface area (Å²) in [5.74, 6) is -0.248. The van der Waals surface area contributed by atoms with Crippen LogP contribution in [0.2, 0.25) is 0 Å². The Kier molecular flexibility index (Phi) is 37.1. The van der Waals surface area contributed by atoms with E-state index < -0.39 is 26.6 Å². The van der Waals surface area contributed by atoms with Gasteiger partial charge in [0, 0.05) is 6.42 Å². The molecule has 2 atom stereocenters. The predicted octanol–water partition coefficient (Wildman–Crippen LogP) is 12.5. The van der Waals surface area contributed by atoms with E-state index in [4.69, 9.17) is 9.79 Å². The normalized spacial score (nSPS) is 13.7. The lowest BCUT2D eigenvalue weighted by molar-refractivity contribution is -0.123. The van der Waals surface area contributed by atoms with Gasteiger partial charge in [0.15, 0.2) is 0 Å². The van der Waals surface area contributed by atoms with E-state index in [1.165, 1.54) is 122 Å². The van der Waals surface area contributed by atoms with E-state index >= 15 is 0 Å². The van der Waals surface area contributed by atoms with E-state index in [0.717, 1.165) is 44.9 Å². The van der Waals surface area contributed by atoms with Gasteiger partial charge in [-0.05, 0) is 51.4 Å². The van der Waals surface area contributed by atoms with Crippen LogP contribution >= 0.6 is 7.82 Å². The van der Waals surface area contributed by atoms with Crippen molar-refractivity contribution in [2.75, 3.05) is 6.61 Å². The molecule has 0 fully saturated rings. The topological polar surface area (TPSA) is 116 Å². The Morgan fingerprint density at radius 3 is 1.37 bits per heavy atom. The summed E-state index contributed by atoms with van der Waals surface area (Å²) in [7, 11) is -4.71. The van der Waals surface area contributed by atoms with Gasteiger partial charge < -0.3 is 20.2 Å². The zero-order valence-electron chi connectivity index (χ0n) is 33.0. The third-order valence-electron chi connectivity index (χ3n) is 9.32. The van der Waals surface area contributed by atoms with Gasteiger partial charge in [-0.2, -0.15) is 0 Å². The third kappa shape index (κ3) is 39.5. The van der Waals surface area contributed by atoms with Gasteiger partial charge in [-0.1, -0.05) is 191 Å². The van der Waals surface area contributed by atoms with Gasteiger partial charge >= 0.3 is 7.82 Å². The molecule has 298 valence electrons. The highest BCUT2D eigenvalue weighted by molar-refractivity contribution is 7.46. The molecule has 4 N–H and O–H groups in total. The van der Waals surface area contributed by atoms with E-state index in [0.29, 0.717) is 12.8 Å². The summed E-state index contributed by atoms with van der Waals surface area (Å²) in [4.78, 5) is 30.9. The largest absolute Gasteiger partial charge is 0.469 e. The van der Waals surface area contributed by atoms with Crippen molar-refractivity contribution in [2.24, 2.45) is 0 Å². The molecule has 0 bridgehead atoms. The van der Waals surface area contributed by atoms with Gasteiger partial charge in [-0.3, -0.25) is 9.32 Å². The van der Waals surface area contributed by atoms with Crippen molar-refractivity contribution in [1.29, 1.82) is 0 Å². The summed E-state index contributed by atoms with van der Waals surface area (Å²) in [5.41, 5.74) is 0. The summed E-state index contributed by atoms with van der Waals surface area (Å²) < 4.78 is 15.9. The molecule has 7 nitrogen and oxygen atoms in total. The fraction of sp³-hybridized carbons (Fsp3) is 0.791. The van der Waals surface area contributed by atoms with Crippen LogP contribution in [0.25, 0.3) is 0 Å². The van der Waals surface area contributed by atoms with Crippen LogP contribution in [0.3, 0.4) is 0 Å². The number of aliphatic hydroxyl groups is 1. The second-order valence-electron chi connectivity index (χ2n) is 14.3. The quantitative estimate of drug-likeness (QED) is 0.0285. The maximum absolute atomic E-state index is 12.6. The molecule has 0 aromatic heterocycles. The maximum atomic E-state index is 12.6. The fourth-order valence-electron chi connectivity index (χ4n) is 6.10. The number of rotatable bonds is 38. The Bertz CT molecular complexity index is 927. The summed E-state index contributed by atoms with van der Waals surface area (Å²) in [6.07, 6.45) is 49.6. The highest BCUT2D eigenvalue weighted by Gasteiger charge is 2.25. The summed E-state index contributed by atoms with van der Waals surface area (Å²) in [6.45, 7) is 4.09. The van der Waals surface area contributed by atoms with E-state index in [-0.39, 0.29) is 12.3 Å². The zero-order valence-corrected chi connectivity index (χ0v) is 33.9. The van der Waals surface area contributed by atoms with E-state index in [1.807, 2.05) is 0 Å². The molecular formula is C43H80NO6P. The molecule has 0 radical (unpaired) electrons. The van der Waals surface area contributed by atoms with Crippen LogP contribution in [0.5, 0.6) is 0 Å². The number of allylic oxidation sites excluding steroid dienone is 8. The van der Waals surface area contributed by atoms with Crippen LogP contribution < -0.4 is 5.32 Å². The molecule has 0 heterocycles. The number of hydrogen-bond acceptors (Lipinski definition) is 4. The first-order valence-electron chi connectivity index (χ1n) is 21.1. The molecule has 0 saturated carbocycles. The number of carbonyl (C=O) groups excluding carboxylic acids is 1. The monoisotopic (exact) mass is 738 g/mol. The molecule has 0 unspecified atom stereocenters. The molecular weight excluding hydrogens is 657 g/mol. The lowest BCUT2D eigenvalue weighted by Gasteiger charge is -2.24. The lowest BCUT2D eigenvalue weighted by atomic mass is 10.0. The van der Waals surface area contributed by atoms with Gasteiger partial charge in [0.25, 0.3) is 0 Å². The van der Waals surface area contributed by atoms with Crippen LogP contribution in [-0.2, 0) is 13.9 Å². The van der Waals surface area contributed by atoms with Crippen LogP contribution in [0.4, 0.5) is 0 Å². The summed E-state index contributed by atoms with van der Waals surface area (Å²) in [5, 5.41) is 13.5. The van der Waals surface area contributed by atoms with Gasteiger partial charge in [-0.15, -0.1) is 0 Å². The highest BCUT2D eigenvalue weighted by Crippen LogP contribution is 2.36. The van der Waals surface area contributed by atoms with Gasteiger partial charge in [0.05, 0.1) is 18.8 Å². The molecule has 0 aliphatic carbocycles. The first kappa shape index (κ1) is 49.5. The number of phosphoric acid groups is 1. The van der Waals surface area contributed by atoms with Crippen molar-refractivity contribution in [3.05, 3.63) is 48.6 Å². The Balaban J connectivity index is 4.04. The smallest absolute Gasteiger partial charge is 0.391 e. The number of hydrogen-bond donors (Lipinski definition) is 4. The first-order chi connectivity index (χ1) is 24.8. The van der Waals surface area contributed by atoms with Crippen molar-refractivity contribution in [2.45, 2.75) is 212 Å². The van der Waals surface area contributed by atoms with Crippen LogP contribution in [0.15, 0.2) is 48.6 Å². The zero-order chi connectivity index (χ0) is 37.5. The minimum atomic E-state index is -4.71. The van der Waals surface area contributed by atoms with Crippen molar-refractivity contribution < 1.29 is 28.8 Å². The van der Waals surface area contributed by atoms with E-state index in [2.05, 4.69) is 72.3 Å². The molecule has 8 heteroatoms. The SMILES string of the molecule is CCCCCCCCC/C=C\C/C=C\C/C=C\C/C=C\CCCC(=O)N[C@@H](COP(=O)(O)O)[C@H](O)CCCCCCCCCCCCCCCC. The molecule has 0 aromatic carbocycles. The Labute approximate surface area is 314 Å². The highest BCUT2D eigenvalue weighted by atomic mass is 31.2. The van der Waals surface area contributed by atoms with Gasteiger partial charge in [-0.25, -0.2) is 4.57 Å². The molecule has 1 amide bonds. The molecule has 0 aliphatic heterocycles. The Morgan fingerprint density at radius 2 is 0.941 bits per heavy atom. The second-order valence-corrected chi connectivity index (χ2v) is 15.5. The minimum absolute atomic E-state index is 0.248. The average Bonchev–Trinajstić information content (AvgIpc) is 3.10. The standard InChI is InChI=1S/C43H80NO6P/c1-3-5-7-9-11-13-15-17-19-20-21-22-23-24-25-27-29-31-33-35-37-39-43(46)44-41(40-50-51(47,48)49)42(45)38-36-34-32-30-28-26-18-16-14-12-10-8-6-4-2/h19-20,22-23,25,27,31,33,41-42,45H,3-18,21,24,26,28-30,32,34-40H2,1-2H3,(H,44,46)(H2,47,48,49)/b20-19-,23-22-,27-25-,33-31-/t41-,42+/m0/s1. The summed E-state index contributed by atoms with van der Waals surface area (Å²) in [6, 6.07) is -0.854. The molecule has 0 spiro atoms. The van der Waals surface area contributed by atoms with Crippen molar-refractivity contribution >= 4 is 13.7 Å². The minimum Gasteiger partial charge on any atom is -0.391 e. The molecule has 0 rings (SSSR count). The fourth-order valence-corrected chi connectivity index (χ4v) is 6.46. The Morgan fingerprint density at radius 1 is 0.569 bits per heavy atom. The number of aliphatic hydroxyl groups excluding tert-OH is 1. The van der Waals surface area contributed by atoms with Gasteiger partial charge in [0.1, 0.15) is 0 Å². The number of carbonyl (C=O) groups is 1. The van der Waals surface area contributed by atoms with Crippen molar-refractivity contribution in [1.82, 2.24) is 5.32 Å². The number of amides is 1. The van der Waals surface area contributed by atoms with Crippen LogP contribution in [0.1, 0.15) is 200 Å². The number of phosphoric ester groups is 1. The van der Waals surface area contributed by atoms with E-state index in [9.17, 15) is 14.5 Å². The Hall–Kier alpha value is -1.50. The van der Waals surface area contributed by atoms with Crippen molar-refractivity contribution in [3.63, 3.8) is 0 Å². The van der Waals surface area contributed by atoms with Crippen molar-refractivity contribution in [3.8, 4) is 0 Å². The number of nitrogens with one attached hydrogen (secondary N) is 1. The third-order valence-corrected chi connectivity index (χ3v) is 9.80. The number of unbranched alkanes of at least 4 members (excludes halogenated alkanes) is 21. The average molecular weight is 738 g/mol. The lowest BCUT2D eigenvalue weighted by Crippen LogP contribution is -2.46. The van der Waals surface area contributed by atoms with E-state index in [1.54, 1.807) is 0 Å². The summed E-state index contributed by atoms with van der Waals surface area (Å²) >= 11 is 0. The van der Waals surface area contributed by atoms with Crippen LogP contribution in [0, 0.1) is 0 Å². The van der Waals surface area contributed by atoms with Crippen LogP contribution in [-0.4, -0.2) is 39.6 Å². The molecule has 0 aromatic rings. The second kappa shape index (κ2) is 38.2. The molecule has 0 aliphatic rings. The predicted molar refractivity (Wildman–Crippen MR) is 218 cm³/mol. The molecule has 0 saturated heterocycles. The van der Waals surface area contributed by atoms with Gasteiger partial charge in [0.2, 0.25) is 5.91 Å².